The van der Waals surface area contributed by atoms with E-state index in [4.69, 9.17) is 4.42 Å². The molecule has 4 nitrogen and oxygen atoms in total. The summed E-state index contributed by atoms with van der Waals surface area (Å²) in [7, 11) is 0. The Balaban J connectivity index is 1.43. The molecule has 2 aliphatic carbocycles. The van der Waals surface area contributed by atoms with Crippen LogP contribution >= 0.6 is 22.7 Å². The van der Waals surface area contributed by atoms with Crippen LogP contribution in [0.4, 0.5) is 0 Å². The molecule has 3 aliphatic rings. The zero-order valence-electron chi connectivity index (χ0n) is 30.8. The maximum Gasteiger partial charge on any atom is 0.265 e. The van der Waals surface area contributed by atoms with Gasteiger partial charge in [0.1, 0.15) is 11.3 Å². The first-order valence-corrected chi connectivity index (χ1v) is 21.0. The number of rotatable bonds is 15. The number of fused-ring (bicyclic) bond motifs is 4. The van der Waals surface area contributed by atoms with Crippen molar-refractivity contribution in [3.63, 3.8) is 0 Å². The zero-order chi connectivity index (χ0) is 34.2. The minimum Gasteiger partial charge on any atom is -0.459 e. The van der Waals surface area contributed by atoms with Gasteiger partial charge >= 0.3 is 0 Å². The molecule has 0 saturated heterocycles. The quantitative estimate of drug-likeness (QED) is 0.118. The van der Waals surface area contributed by atoms with Crippen molar-refractivity contribution >= 4 is 34.5 Å². The highest BCUT2D eigenvalue weighted by atomic mass is 32.1. The Hall–Kier alpha value is -2.18. The molecule has 0 bridgehead atoms. The molecule has 2 amide bonds. The van der Waals surface area contributed by atoms with E-state index >= 15 is 0 Å². The monoisotopic (exact) mass is 689 g/mol. The lowest BCUT2D eigenvalue weighted by Gasteiger charge is -2.43. The minimum atomic E-state index is -0.172. The standard InChI is InChI=1S/C42H59NO3S2/c1-8-11-13-14-15-19-23-43-39(44)34-27(4)46-36(35(34)40(43)45)32-24-30-37(47-32)38-31(25-33(48-38)41(5,6)7)42(30,29-21-17-16-18-22-29)26-28(10-3)20-12-9-2/h24-25,28-29H,8-23,26H2,1-7H3. The predicted octanol–water partition coefficient (Wildman–Crippen LogP) is 13.1. The molecule has 262 valence electrons. The molecule has 0 N–H and O–H groups in total. The lowest BCUT2D eigenvalue weighted by atomic mass is 9.60. The maximum absolute atomic E-state index is 14.0. The third kappa shape index (κ3) is 6.31. The molecule has 3 aromatic rings. The SMILES string of the molecule is CCCCCCCCN1C(=O)c2c(C)oc(-c3cc4c(s3)-c3sc(C(C)(C)C)cc3C4(CC(CC)CCCC)C3CCCCC3)c2C1=O. The number of furan rings is 1. The summed E-state index contributed by atoms with van der Waals surface area (Å²) in [5.41, 5.74) is 4.14. The molecular formula is C42H59NO3S2. The molecule has 0 aromatic carbocycles. The summed E-state index contributed by atoms with van der Waals surface area (Å²) in [6.45, 7) is 16.3. The largest absolute Gasteiger partial charge is 0.459 e. The number of thiophene rings is 2. The van der Waals surface area contributed by atoms with E-state index in [-0.39, 0.29) is 22.6 Å². The van der Waals surface area contributed by atoms with Crippen LogP contribution in [0.5, 0.6) is 0 Å². The highest BCUT2D eigenvalue weighted by molar-refractivity contribution is 7.24. The number of unbranched alkanes of at least 4 members (excludes halogenated alkanes) is 6. The number of hydrogen-bond donors (Lipinski definition) is 0. The van der Waals surface area contributed by atoms with E-state index in [1.807, 2.05) is 29.6 Å². The Morgan fingerprint density at radius 2 is 1.50 bits per heavy atom. The summed E-state index contributed by atoms with van der Waals surface area (Å²) < 4.78 is 6.43. The van der Waals surface area contributed by atoms with Gasteiger partial charge in [-0.2, -0.15) is 0 Å². The van der Waals surface area contributed by atoms with Gasteiger partial charge < -0.3 is 4.42 Å². The van der Waals surface area contributed by atoms with Crippen LogP contribution in [0.25, 0.3) is 20.4 Å². The summed E-state index contributed by atoms with van der Waals surface area (Å²) in [5, 5.41) is 0. The first kappa shape index (κ1) is 35.6. The number of imide groups is 1. The van der Waals surface area contributed by atoms with Gasteiger partial charge in [0.15, 0.2) is 5.76 Å². The van der Waals surface area contributed by atoms with Crippen LogP contribution in [0.2, 0.25) is 0 Å². The van der Waals surface area contributed by atoms with Crippen LogP contribution in [0.1, 0.15) is 187 Å². The Labute approximate surface area is 298 Å². The van der Waals surface area contributed by atoms with Gasteiger partial charge in [-0.1, -0.05) is 119 Å². The molecule has 1 fully saturated rings. The van der Waals surface area contributed by atoms with E-state index in [1.165, 1.54) is 109 Å². The summed E-state index contributed by atoms with van der Waals surface area (Å²) >= 11 is 3.81. The van der Waals surface area contributed by atoms with E-state index in [1.54, 1.807) is 5.56 Å². The predicted molar refractivity (Wildman–Crippen MR) is 203 cm³/mol. The molecule has 6 rings (SSSR count). The van der Waals surface area contributed by atoms with E-state index in [0.717, 1.165) is 24.1 Å². The molecule has 6 heteroatoms. The smallest absolute Gasteiger partial charge is 0.265 e. The Bertz CT molecular complexity index is 1610. The normalized spacial score (nSPS) is 20.1. The fourth-order valence-electron chi connectivity index (χ4n) is 9.02. The van der Waals surface area contributed by atoms with Crippen LogP contribution in [0.15, 0.2) is 16.5 Å². The van der Waals surface area contributed by atoms with Crippen LogP contribution in [0.3, 0.4) is 0 Å². The van der Waals surface area contributed by atoms with E-state index in [0.29, 0.717) is 41.0 Å². The third-order valence-corrected chi connectivity index (χ3v) is 14.6. The summed E-state index contributed by atoms with van der Waals surface area (Å²) in [5.74, 6) is 2.15. The van der Waals surface area contributed by atoms with E-state index in [2.05, 4.69) is 53.7 Å². The first-order valence-electron chi connectivity index (χ1n) is 19.4. The lowest BCUT2D eigenvalue weighted by molar-refractivity contribution is 0.0648. The molecule has 4 heterocycles. The van der Waals surface area contributed by atoms with E-state index < -0.39 is 0 Å². The first-order chi connectivity index (χ1) is 23.1. The van der Waals surface area contributed by atoms with Crippen LogP contribution in [-0.2, 0) is 10.8 Å². The maximum atomic E-state index is 14.0. The topological polar surface area (TPSA) is 50.5 Å². The van der Waals surface area contributed by atoms with Crippen molar-refractivity contribution in [2.24, 2.45) is 11.8 Å². The number of aryl methyl sites for hydroxylation is 1. The van der Waals surface area contributed by atoms with Gasteiger partial charge in [0, 0.05) is 26.6 Å². The second-order valence-electron chi connectivity index (χ2n) is 16.2. The van der Waals surface area contributed by atoms with Crippen molar-refractivity contribution in [3.05, 3.63) is 45.0 Å². The van der Waals surface area contributed by atoms with Gasteiger partial charge in [-0.05, 0) is 73.1 Å². The number of nitrogens with zero attached hydrogens (tertiary/aromatic N) is 1. The molecule has 48 heavy (non-hydrogen) atoms. The molecule has 2 atom stereocenters. The minimum absolute atomic E-state index is 0.0112. The Morgan fingerprint density at radius 1 is 0.854 bits per heavy atom. The number of hydrogen-bond acceptors (Lipinski definition) is 5. The van der Waals surface area contributed by atoms with Crippen molar-refractivity contribution in [1.29, 1.82) is 0 Å². The summed E-state index contributed by atoms with van der Waals surface area (Å²) in [4.78, 5) is 34.4. The third-order valence-electron chi connectivity index (χ3n) is 11.8. The van der Waals surface area contributed by atoms with Crippen molar-refractivity contribution in [3.8, 4) is 20.4 Å². The Kier molecular flexibility index (Phi) is 10.8. The highest BCUT2D eigenvalue weighted by Gasteiger charge is 2.52. The molecule has 2 unspecified atom stereocenters. The van der Waals surface area contributed by atoms with Gasteiger partial charge in [0.2, 0.25) is 0 Å². The average Bonchev–Trinajstić information content (AvgIpc) is 3.86. The molecule has 3 aromatic heterocycles. The molecule has 1 aliphatic heterocycles. The summed E-state index contributed by atoms with van der Waals surface area (Å²) in [6.07, 6.45) is 19.5. The Morgan fingerprint density at radius 3 is 2.19 bits per heavy atom. The van der Waals surface area contributed by atoms with Gasteiger partial charge in [-0.25, -0.2) is 0 Å². The summed E-state index contributed by atoms with van der Waals surface area (Å²) in [6, 6.07) is 5.02. The second kappa shape index (κ2) is 14.6. The molecular weight excluding hydrogens is 631 g/mol. The number of carbonyl (C=O) groups excluding carboxylic acids is 2. The van der Waals surface area contributed by atoms with Crippen LogP contribution < -0.4 is 0 Å². The fourth-order valence-corrected chi connectivity index (χ4v) is 11.7. The van der Waals surface area contributed by atoms with Crippen LogP contribution in [-0.4, -0.2) is 23.3 Å². The zero-order valence-corrected chi connectivity index (χ0v) is 32.5. The van der Waals surface area contributed by atoms with Crippen molar-refractivity contribution < 1.29 is 14.0 Å². The van der Waals surface area contributed by atoms with E-state index in [9.17, 15) is 9.59 Å². The van der Waals surface area contributed by atoms with Crippen molar-refractivity contribution in [2.45, 2.75) is 162 Å². The lowest BCUT2D eigenvalue weighted by Crippen LogP contribution is -2.38. The second-order valence-corrected chi connectivity index (χ2v) is 18.3. The highest BCUT2D eigenvalue weighted by Crippen LogP contribution is 2.64. The number of amides is 2. The average molecular weight is 690 g/mol. The molecule has 0 spiro atoms. The fraction of sp³-hybridized carbons (Fsp3) is 0.667. The van der Waals surface area contributed by atoms with Crippen molar-refractivity contribution in [2.75, 3.05) is 6.54 Å². The van der Waals surface area contributed by atoms with Crippen LogP contribution in [0, 0.1) is 18.8 Å². The van der Waals surface area contributed by atoms with Crippen molar-refractivity contribution in [1.82, 2.24) is 4.90 Å². The molecule has 0 radical (unpaired) electrons. The van der Waals surface area contributed by atoms with Gasteiger partial charge in [0.05, 0.1) is 10.4 Å². The number of carbonyl (C=O) groups is 2. The molecule has 1 saturated carbocycles. The van der Waals surface area contributed by atoms with Gasteiger partial charge in [-0.15, -0.1) is 22.7 Å². The van der Waals surface area contributed by atoms with Gasteiger partial charge in [-0.3, -0.25) is 14.5 Å². The van der Waals surface area contributed by atoms with Gasteiger partial charge in [0.25, 0.3) is 11.8 Å².